The van der Waals surface area contributed by atoms with Crippen LogP contribution in [0.3, 0.4) is 0 Å². The van der Waals surface area contributed by atoms with Gasteiger partial charge in [-0.15, -0.1) is 0 Å². The largest absolute Gasteiger partial charge is 0.497 e. The second kappa shape index (κ2) is 9.83. The molecule has 0 aromatic heterocycles. The quantitative estimate of drug-likeness (QED) is 0.598. The summed E-state index contributed by atoms with van der Waals surface area (Å²) in [6.45, 7) is 4.16. The van der Waals surface area contributed by atoms with E-state index in [2.05, 4.69) is 35.1 Å². The smallest absolute Gasteiger partial charge is 0.258 e. The van der Waals surface area contributed by atoms with Crippen LogP contribution >= 0.6 is 27.5 Å². The fourth-order valence-corrected chi connectivity index (χ4v) is 3.29. The van der Waals surface area contributed by atoms with E-state index < -0.39 is 0 Å². The lowest BCUT2D eigenvalue weighted by molar-refractivity contribution is -0.124. The molecule has 2 aromatic rings. The average Bonchev–Trinajstić information content (AvgIpc) is 2.60. The third-order valence-corrected chi connectivity index (χ3v) is 4.60. The first kappa shape index (κ1) is 20.6. The summed E-state index contributed by atoms with van der Waals surface area (Å²) in [5, 5.41) is 3.51. The van der Waals surface area contributed by atoms with Crippen LogP contribution in [0.4, 0.5) is 0 Å². The molecule has 2 rings (SSSR count). The predicted octanol–water partition coefficient (Wildman–Crippen LogP) is 5.39. The number of carbonyl (C=O) groups excluding carboxylic acids is 1. The molecular weight excluding hydrogens is 418 g/mol. The Morgan fingerprint density at radius 3 is 2.46 bits per heavy atom. The summed E-state index contributed by atoms with van der Waals surface area (Å²) < 4.78 is 11.6. The van der Waals surface area contributed by atoms with E-state index in [1.807, 2.05) is 30.3 Å². The molecule has 0 spiro atoms. The first-order chi connectivity index (χ1) is 12.4. The molecule has 0 radical (unpaired) electrons. The van der Waals surface area contributed by atoms with Crippen LogP contribution in [0.2, 0.25) is 5.02 Å². The van der Waals surface area contributed by atoms with Gasteiger partial charge in [0.2, 0.25) is 0 Å². The van der Waals surface area contributed by atoms with Crippen LogP contribution in [-0.4, -0.2) is 19.6 Å². The second-order valence-corrected chi connectivity index (χ2v) is 7.71. The van der Waals surface area contributed by atoms with Gasteiger partial charge in [0.05, 0.1) is 18.2 Å². The normalized spacial score (nSPS) is 11.9. The van der Waals surface area contributed by atoms with Crippen LogP contribution in [0.15, 0.2) is 46.9 Å². The fraction of sp³-hybridized carbons (Fsp3) is 0.350. The zero-order valence-electron chi connectivity index (χ0n) is 15.1. The summed E-state index contributed by atoms with van der Waals surface area (Å²) in [6.07, 6.45) is 0.830. The van der Waals surface area contributed by atoms with Crippen molar-refractivity contribution in [2.45, 2.75) is 26.3 Å². The lowest BCUT2D eigenvalue weighted by Gasteiger charge is -2.21. The first-order valence-corrected chi connectivity index (χ1v) is 9.57. The van der Waals surface area contributed by atoms with E-state index in [4.69, 9.17) is 21.1 Å². The van der Waals surface area contributed by atoms with Crippen molar-refractivity contribution in [2.75, 3.05) is 13.7 Å². The fourth-order valence-electron chi connectivity index (χ4n) is 2.56. The molecule has 2 aromatic carbocycles. The van der Waals surface area contributed by atoms with Crippen molar-refractivity contribution >= 4 is 33.4 Å². The van der Waals surface area contributed by atoms with Crippen molar-refractivity contribution in [2.24, 2.45) is 5.92 Å². The highest BCUT2D eigenvalue weighted by Gasteiger charge is 2.17. The van der Waals surface area contributed by atoms with Gasteiger partial charge in [0, 0.05) is 4.47 Å². The maximum absolute atomic E-state index is 12.4. The van der Waals surface area contributed by atoms with E-state index in [1.54, 1.807) is 19.2 Å². The highest BCUT2D eigenvalue weighted by atomic mass is 79.9. The summed E-state index contributed by atoms with van der Waals surface area (Å²) in [6, 6.07) is 12.9. The van der Waals surface area contributed by atoms with Crippen LogP contribution < -0.4 is 14.8 Å². The number of nitrogens with one attached hydrogen (secondary N) is 1. The van der Waals surface area contributed by atoms with Crippen molar-refractivity contribution in [1.82, 2.24) is 5.32 Å². The third-order valence-electron chi connectivity index (χ3n) is 3.81. The van der Waals surface area contributed by atoms with E-state index in [-0.39, 0.29) is 18.6 Å². The van der Waals surface area contributed by atoms with Gasteiger partial charge in [-0.3, -0.25) is 4.79 Å². The molecule has 1 N–H and O–H groups in total. The van der Waals surface area contributed by atoms with Crippen molar-refractivity contribution in [3.05, 3.63) is 57.5 Å². The van der Waals surface area contributed by atoms with Crippen LogP contribution in [0.25, 0.3) is 0 Å². The minimum atomic E-state index is -0.189. The number of methoxy groups -OCH3 is 1. The number of carbonyl (C=O) groups is 1. The number of rotatable bonds is 8. The highest BCUT2D eigenvalue weighted by molar-refractivity contribution is 9.10. The van der Waals surface area contributed by atoms with Gasteiger partial charge >= 0.3 is 0 Å². The number of amides is 1. The van der Waals surface area contributed by atoms with Crippen LogP contribution in [-0.2, 0) is 4.79 Å². The molecule has 0 saturated carbocycles. The molecule has 0 aliphatic heterocycles. The molecular formula is C20H23BrClNO3. The molecule has 1 atom stereocenters. The minimum Gasteiger partial charge on any atom is -0.497 e. The Morgan fingerprint density at radius 1 is 1.19 bits per heavy atom. The van der Waals surface area contributed by atoms with Gasteiger partial charge in [-0.25, -0.2) is 0 Å². The molecule has 0 unspecified atom stereocenters. The van der Waals surface area contributed by atoms with Gasteiger partial charge in [0.25, 0.3) is 5.91 Å². The number of hydrogen-bond acceptors (Lipinski definition) is 3. The molecule has 0 heterocycles. The summed E-state index contributed by atoms with van der Waals surface area (Å²) in [7, 11) is 1.63. The van der Waals surface area contributed by atoms with E-state index >= 15 is 0 Å². The lowest BCUT2D eigenvalue weighted by atomic mass is 9.97. The van der Waals surface area contributed by atoms with Crippen molar-refractivity contribution in [3.8, 4) is 11.5 Å². The van der Waals surface area contributed by atoms with Gasteiger partial charge in [-0.05, 0) is 48.2 Å². The van der Waals surface area contributed by atoms with E-state index in [9.17, 15) is 4.79 Å². The highest BCUT2D eigenvalue weighted by Crippen LogP contribution is 2.28. The first-order valence-electron chi connectivity index (χ1n) is 8.40. The SMILES string of the molecule is COc1ccc([C@H](CC(C)C)NC(=O)COc2ccc(Br)cc2Cl)cc1. The Balaban J connectivity index is 2.01. The van der Waals surface area contributed by atoms with Gasteiger partial charge in [-0.2, -0.15) is 0 Å². The zero-order valence-corrected chi connectivity index (χ0v) is 17.4. The second-order valence-electron chi connectivity index (χ2n) is 6.39. The van der Waals surface area contributed by atoms with Gasteiger partial charge in [-0.1, -0.05) is 53.5 Å². The summed E-state index contributed by atoms with van der Waals surface area (Å²) in [4.78, 5) is 12.4. The molecule has 4 nitrogen and oxygen atoms in total. The molecule has 0 aliphatic rings. The van der Waals surface area contributed by atoms with E-state index in [1.165, 1.54) is 0 Å². The van der Waals surface area contributed by atoms with E-state index in [0.717, 1.165) is 22.2 Å². The number of hydrogen-bond donors (Lipinski definition) is 1. The number of benzene rings is 2. The third kappa shape index (κ3) is 6.22. The van der Waals surface area contributed by atoms with Crippen molar-refractivity contribution in [3.63, 3.8) is 0 Å². The minimum absolute atomic E-state index is 0.0857. The number of ether oxygens (including phenoxy) is 2. The van der Waals surface area contributed by atoms with Crippen LogP contribution in [0, 0.1) is 5.92 Å². The van der Waals surface area contributed by atoms with Crippen LogP contribution in [0.1, 0.15) is 31.9 Å². The van der Waals surface area contributed by atoms with Gasteiger partial charge in [0.1, 0.15) is 11.5 Å². The average molecular weight is 441 g/mol. The Labute approximate surface area is 168 Å². The Morgan fingerprint density at radius 2 is 1.88 bits per heavy atom. The maximum atomic E-state index is 12.4. The van der Waals surface area contributed by atoms with Gasteiger partial charge in [0.15, 0.2) is 6.61 Å². The Bertz CT molecular complexity index is 734. The van der Waals surface area contributed by atoms with E-state index in [0.29, 0.717) is 16.7 Å². The molecule has 0 bridgehead atoms. The molecule has 0 fully saturated rings. The lowest BCUT2D eigenvalue weighted by Crippen LogP contribution is -2.33. The molecule has 140 valence electrons. The summed E-state index contributed by atoms with van der Waals surface area (Å²) in [5.41, 5.74) is 1.04. The van der Waals surface area contributed by atoms with Gasteiger partial charge < -0.3 is 14.8 Å². The predicted molar refractivity (Wildman–Crippen MR) is 108 cm³/mol. The summed E-state index contributed by atoms with van der Waals surface area (Å²) in [5.74, 6) is 1.51. The topological polar surface area (TPSA) is 47.6 Å². The maximum Gasteiger partial charge on any atom is 0.258 e. The number of halogens is 2. The van der Waals surface area contributed by atoms with Crippen LogP contribution in [0.5, 0.6) is 11.5 Å². The monoisotopic (exact) mass is 439 g/mol. The molecule has 0 saturated heterocycles. The molecule has 0 aliphatic carbocycles. The molecule has 6 heteroatoms. The summed E-state index contributed by atoms with van der Waals surface area (Å²) >= 11 is 9.45. The standard InChI is InChI=1S/C20H23BrClNO3/c1-13(2)10-18(14-4-7-16(25-3)8-5-14)23-20(24)12-26-19-9-6-15(21)11-17(19)22/h4-9,11,13,18H,10,12H2,1-3H3,(H,23,24)/t18-/m0/s1. The molecule has 1 amide bonds. The Hall–Kier alpha value is -1.72. The van der Waals surface area contributed by atoms with Crippen molar-refractivity contribution in [1.29, 1.82) is 0 Å². The zero-order chi connectivity index (χ0) is 19.1. The van der Waals surface area contributed by atoms with Crippen molar-refractivity contribution < 1.29 is 14.3 Å². The Kier molecular flexibility index (Phi) is 7.79. The molecule has 26 heavy (non-hydrogen) atoms.